The molecule has 1 aliphatic heterocycles. The van der Waals surface area contributed by atoms with E-state index in [1.165, 1.54) is 4.88 Å². The molecule has 1 aromatic heterocycles. The Balaban J connectivity index is 1.98. The molecule has 1 aliphatic rings. The van der Waals surface area contributed by atoms with E-state index in [1.54, 1.807) is 0 Å². The Kier molecular flexibility index (Phi) is 10.3. The average molecular weight is 410 g/mol. The van der Waals surface area contributed by atoms with Crippen LogP contribution in [-0.4, -0.2) is 80.3 Å². The molecule has 0 amide bonds. The number of hydrogen-bond donors (Lipinski definition) is 2. The van der Waals surface area contributed by atoms with Gasteiger partial charge in [0.15, 0.2) is 5.96 Å². The second kappa shape index (κ2) is 12.4. The Morgan fingerprint density at radius 2 is 1.93 bits per heavy atom. The van der Waals surface area contributed by atoms with Crippen LogP contribution in [0.1, 0.15) is 45.5 Å². The molecule has 0 spiro atoms. The van der Waals surface area contributed by atoms with Gasteiger partial charge in [-0.2, -0.15) is 0 Å². The van der Waals surface area contributed by atoms with Crippen molar-refractivity contribution in [2.75, 3.05) is 52.5 Å². The highest BCUT2D eigenvalue weighted by Gasteiger charge is 2.23. The average Bonchev–Trinajstić information content (AvgIpc) is 3.20. The largest absolute Gasteiger partial charge is 0.379 e. The first-order chi connectivity index (χ1) is 13.5. The zero-order valence-corrected chi connectivity index (χ0v) is 19.1. The molecule has 1 aromatic rings. The zero-order valence-electron chi connectivity index (χ0n) is 18.3. The molecule has 2 rings (SSSR count). The molecule has 28 heavy (non-hydrogen) atoms. The van der Waals surface area contributed by atoms with E-state index in [0.717, 1.165) is 58.4 Å². The molecule has 160 valence electrons. The molecule has 0 aliphatic carbocycles. The number of guanidine groups is 1. The molecule has 6 nitrogen and oxygen atoms in total. The van der Waals surface area contributed by atoms with Crippen molar-refractivity contribution in [3.63, 3.8) is 0 Å². The second-order valence-corrected chi connectivity index (χ2v) is 8.73. The maximum atomic E-state index is 5.54. The highest BCUT2D eigenvalue weighted by Crippen LogP contribution is 2.26. The maximum Gasteiger partial charge on any atom is 0.191 e. The Morgan fingerprint density at radius 1 is 1.21 bits per heavy atom. The number of hydrogen-bond acceptors (Lipinski definition) is 5. The fourth-order valence-electron chi connectivity index (χ4n) is 3.69. The zero-order chi connectivity index (χ0) is 20.4. The quantitative estimate of drug-likeness (QED) is 0.460. The minimum absolute atomic E-state index is 0.321. The van der Waals surface area contributed by atoms with Crippen molar-refractivity contribution >= 4 is 17.3 Å². The Bertz CT molecular complexity index is 547. The van der Waals surface area contributed by atoms with E-state index in [-0.39, 0.29) is 0 Å². The van der Waals surface area contributed by atoms with Crippen LogP contribution in [0, 0.1) is 0 Å². The highest BCUT2D eigenvalue weighted by atomic mass is 32.1. The van der Waals surface area contributed by atoms with Gasteiger partial charge in [0, 0.05) is 49.7 Å². The third-order valence-corrected chi connectivity index (χ3v) is 6.09. The molecule has 1 saturated heterocycles. The van der Waals surface area contributed by atoms with Crippen LogP contribution in [0.15, 0.2) is 22.5 Å². The molecule has 2 N–H and O–H groups in total. The van der Waals surface area contributed by atoms with E-state index < -0.39 is 0 Å². The van der Waals surface area contributed by atoms with Crippen molar-refractivity contribution in [3.8, 4) is 0 Å². The van der Waals surface area contributed by atoms with Crippen molar-refractivity contribution in [3.05, 3.63) is 22.4 Å². The van der Waals surface area contributed by atoms with Crippen LogP contribution >= 0.6 is 11.3 Å². The summed E-state index contributed by atoms with van der Waals surface area (Å²) in [5, 5.41) is 9.08. The van der Waals surface area contributed by atoms with Gasteiger partial charge in [0.05, 0.1) is 25.8 Å². The molecular weight excluding hydrogens is 370 g/mol. The van der Waals surface area contributed by atoms with Crippen LogP contribution < -0.4 is 10.6 Å². The first kappa shape index (κ1) is 23.1. The van der Waals surface area contributed by atoms with Crippen molar-refractivity contribution in [1.82, 2.24) is 20.4 Å². The molecule has 1 fully saturated rings. The first-order valence-corrected chi connectivity index (χ1v) is 11.5. The molecule has 7 heteroatoms. The third-order valence-electron chi connectivity index (χ3n) is 5.11. The number of nitrogens with one attached hydrogen (secondary N) is 2. The number of rotatable bonds is 10. The summed E-state index contributed by atoms with van der Waals surface area (Å²) in [6.45, 7) is 18.2. The minimum Gasteiger partial charge on any atom is -0.379 e. The van der Waals surface area contributed by atoms with Gasteiger partial charge in [-0.25, -0.2) is 0 Å². The van der Waals surface area contributed by atoms with Crippen LogP contribution in [0.2, 0.25) is 0 Å². The van der Waals surface area contributed by atoms with Gasteiger partial charge in [-0.1, -0.05) is 6.07 Å². The van der Waals surface area contributed by atoms with Crippen molar-refractivity contribution < 1.29 is 4.74 Å². The summed E-state index contributed by atoms with van der Waals surface area (Å²) in [5.41, 5.74) is 0. The third kappa shape index (κ3) is 7.35. The number of ether oxygens (including phenoxy) is 1. The SMILES string of the molecule is CCNC(=NCC(c1cccs1)N1CCOCC1)NCCN(C(C)C)C(C)C. The van der Waals surface area contributed by atoms with Crippen molar-refractivity contribution in [2.24, 2.45) is 4.99 Å². The summed E-state index contributed by atoms with van der Waals surface area (Å²) in [7, 11) is 0. The number of morpholine rings is 1. The predicted octanol–water partition coefficient (Wildman–Crippen LogP) is 2.80. The summed E-state index contributed by atoms with van der Waals surface area (Å²) in [6, 6.07) is 5.77. The van der Waals surface area contributed by atoms with Gasteiger partial charge >= 0.3 is 0 Å². The van der Waals surface area contributed by atoms with Crippen LogP contribution in [0.25, 0.3) is 0 Å². The van der Waals surface area contributed by atoms with Crippen molar-refractivity contribution in [1.29, 1.82) is 0 Å². The second-order valence-electron chi connectivity index (χ2n) is 7.75. The van der Waals surface area contributed by atoms with Crippen LogP contribution in [0.3, 0.4) is 0 Å². The van der Waals surface area contributed by atoms with Gasteiger partial charge in [0.2, 0.25) is 0 Å². The lowest BCUT2D eigenvalue weighted by Gasteiger charge is -2.33. The van der Waals surface area contributed by atoms with E-state index in [0.29, 0.717) is 18.1 Å². The highest BCUT2D eigenvalue weighted by molar-refractivity contribution is 7.10. The fraction of sp³-hybridized carbons (Fsp3) is 0.762. The summed E-state index contributed by atoms with van der Waals surface area (Å²) < 4.78 is 5.54. The molecule has 1 unspecified atom stereocenters. The Hall–Kier alpha value is -1.15. The van der Waals surface area contributed by atoms with E-state index in [1.807, 2.05) is 11.3 Å². The van der Waals surface area contributed by atoms with E-state index in [4.69, 9.17) is 9.73 Å². The molecule has 0 bridgehead atoms. The maximum absolute atomic E-state index is 5.54. The lowest BCUT2D eigenvalue weighted by molar-refractivity contribution is 0.0186. The van der Waals surface area contributed by atoms with E-state index in [9.17, 15) is 0 Å². The Morgan fingerprint density at radius 3 is 2.50 bits per heavy atom. The molecule has 0 saturated carbocycles. The monoisotopic (exact) mass is 409 g/mol. The summed E-state index contributed by atoms with van der Waals surface area (Å²) in [6.07, 6.45) is 0. The topological polar surface area (TPSA) is 52.1 Å². The number of thiophene rings is 1. The fourth-order valence-corrected chi connectivity index (χ4v) is 4.54. The van der Waals surface area contributed by atoms with Crippen LogP contribution in [0.4, 0.5) is 0 Å². The van der Waals surface area contributed by atoms with Gasteiger partial charge in [-0.3, -0.25) is 14.8 Å². The lowest BCUT2D eigenvalue weighted by Crippen LogP contribution is -2.45. The summed E-state index contributed by atoms with van der Waals surface area (Å²) in [5.74, 6) is 0.907. The van der Waals surface area contributed by atoms with Crippen LogP contribution in [0.5, 0.6) is 0 Å². The van der Waals surface area contributed by atoms with Crippen molar-refractivity contribution in [2.45, 2.75) is 52.7 Å². The molecule has 2 heterocycles. The summed E-state index contributed by atoms with van der Waals surface area (Å²) in [4.78, 5) is 11.3. The first-order valence-electron chi connectivity index (χ1n) is 10.7. The van der Waals surface area contributed by atoms with Gasteiger partial charge in [-0.05, 0) is 46.1 Å². The molecule has 1 atom stereocenters. The minimum atomic E-state index is 0.321. The molecular formula is C21H39N5OS. The molecule has 0 aromatic carbocycles. The number of aliphatic imine (C=N–C) groups is 1. The van der Waals surface area contributed by atoms with E-state index in [2.05, 4.69) is 72.6 Å². The molecule has 0 radical (unpaired) electrons. The van der Waals surface area contributed by atoms with Gasteiger partial charge in [0.25, 0.3) is 0 Å². The van der Waals surface area contributed by atoms with Gasteiger partial charge in [0.1, 0.15) is 0 Å². The summed E-state index contributed by atoms with van der Waals surface area (Å²) >= 11 is 1.82. The van der Waals surface area contributed by atoms with E-state index >= 15 is 0 Å². The lowest BCUT2D eigenvalue weighted by atomic mass is 10.2. The van der Waals surface area contributed by atoms with Gasteiger partial charge in [-0.15, -0.1) is 11.3 Å². The predicted molar refractivity (Wildman–Crippen MR) is 120 cm³/mol. The number of nitrogens with zero attached hydrogens (tertiary/aromatic N) is 3. The normalized spacial score (nSPS) is 17.5. The smallest absolute Gasteiger partial charge is 0.191 e. The van der Waals surface area contributed by atoms with Crippen LogP contribution in [-0.2, 0) is 4.74 Å². The Labute approximate surface area is 175 Å². The standard InChI is InChI=1S/C21H39N5OS/c1-6-22-21(23-9-10-26(17(2)3)18(4)5)24-16-19(20-8-7-15-28-20)25-11-13-27-14-12-25/h7-8,15,17-19H,6,9-14,16H2,1-5H3,(H2,22,23,24). The van der Waals surface area contributed by atoms with Gasteiger partial charge < -0.3 is 15.4 Å².